The predicted octanol–water partition coefficient (Wildman–Crippen LogP) is 0.406. The van der Waals surface area contributed by atoms with Crippen molar-refractivity contribution in [3.8, 4) is 0 Å². The summed E-state index contributed by atoms with van der Waals surface area (Å²) in [4.78, 5) is 29.0. The molecule has 9 nitrogen and oxygen atoms in total. The van der Waals surface area contributed by atoms with Gasteiger partial charge in [0, 0.05) is 25.0 Å². The van der Waals surface area contributed by atoms with E-state index >= 15 is 0 Å². The van der Waals surface area contributed by atoms with Gasteiger partial charge in [0.1, 0.15) is 12.4 Å². The van der Waals surface area contributed by atoms with E-state index in [4.69, 9.17) is 4.74 Å². The molecule has 0 fully saturated rings. The second-order valence-electron chi connectivity index (χ2n) is 6.22. The number of nitrogens with one attached hydrogen (secondary N) is 2. The van der Waals surface area contributed by atoms with Gasteiger partial charge in [-0.15, -0.1) is 0 Å². The number of benzene rings is 1. The zero-order valence-electron chi connectivity index (χ0n) is 14.2. The third kappa shape index (κ3) is 2.97. The number of nitrogens with zero attached hydrogens (tertiary/aromatic N) is 4. The Kier molecular flexibility index (Phi) is 4.21. The maximum absolute atomic E-state index is 12.7. The number of hydrogen-bond donors (Lipinski definition) is 2. The van der Waals surface area contributed by atoms with Crippen molar-refractivity contribution in [2.45, 2.75) is 32.0 Å². The van der Waals surface area contributed by atoms with Gasteiger partial charge in [0.15, 0.2) is 11.5 Å². The molecular weight excluding hydrogens is 336 g/mol. The van der Waals surface area contributed by atoms with Crippen LogP contribution in [0.1, 0.15) is 28.6 Å². The quantitative estimate of drug-likeness (QED) is 0.701. The van der Waals surface area contributed by atoms with E-state index in [0.29, 0.717) is 29.7 Å². The van der Waals surface area contributed by atoms with E-state index in [1.54, 1.807) is 36.1 Å². The van der Waals surface area contributed by atoms with Gasteiger partial charge in [-0.2, -0.15) is 10.2 Å². The summed E-state index contributed by atoms with van der Waals surface area (Å²) in [5, 5.41) is 14.7. The van der Waals surface area contributed by atoms with Crippen molar-refractivity contribution in [3.63, 3.8) is 0 Å². The molecule has 2 aromatic heterocycles. The average molecular weight is 354 g/mol. The average Bonchev–Trinajstić information content (AvgIpc) is 3.04. The second-order valence-corrected chi connectivity index (χ2v) is 6.22. The minimum Gasteiger partial charge on any atom is -0.377 e. The number of carbonyl (C=O) groups is 1. The number of fused-ring (bicyclic) bond motifs is 2. The van der Waals surface area contributed by atoms with Crippen LogP contribution < -0.4 is 10.9 Å². The first kappa shape index (κ1) is 16.4. The second kappa shape index (κ2) is 6.68. The Morgan fingerprint density at radius 3 is 3.00 bits per heavy atom. The summed E-state index contributed by atoms with van der Waals surface area (Å²) in [6.45, 7) is 0.906. The number of H-pyrrole nitrogens is 1. The van der Waals surface area contributed by atoms with Crippen LogP contribution in [0.3, 0.4) is 0 Å². The lowest BCUT2D eigenvalue weighted by molar-refractivity contribution is 0.0922. The molecule has 1 aromatic carbocycles. The fraction of sp³-hybridized carbons (Fsp3) is 0.353. The number of ether oxygens (including phenoxy) is 1. The summed E-state index contributed by atoms with van der Waals surface area (Å²) in [7, 11) is 1.60. The fourth-order valence-corrected chi connectivity index (χ4v) is 3.21. The number of amides is 1. The lowest BCUT2D eigenvalue weighted by Gasteiger charge is -2.23. The number of methoxy groups -OCH3 is 1. The monoisotopic (exact) mass is 354 g/mol. The van der Waals surface area contributed by atoms with E-state index in [2.05, 4.69) is 25.6 Å². The smallest absolute Gasteiger partial charge is 0.272 e. The number of aromatic amines is 1. The molecule has 9 heteroatoms. The Morgan fingerprint density at radius 1 is 1.38 bits per heavy atom. The highest BCUT2D eigenvalue weighted by Gasteiger charge is 2.24. The Hall–Kier alpha value is -3.07. The molecule has 1 unspecified atom stereocenters. The Labute approximate surface area is 148 Å². The van der Waals surface area contributed by atoms with Crippen molar-refractivity contribution in [2.75, 3.05) is 7.11 Å². The fourth-order valence-electron chi connectivity index (χ4n) is 3.21. The topological polar surface area (TPSA) is 115 Å². The molecule has 26 heavy (non-hydrogen) atoms. The molecular formula is C17H18N6O3. The summed E-state index contributed by atoms with van der Waals surface area (Å²) in [6.07, 6.45) is 1.49. The molecule has 1 aliphatic rings. The van der Waals surface area contributed by atoms with Crippen LogP contribution in [-0.2, 0) is 24.3 Å². The van der Waals surface area contributed by atoms with Crippen molar-refractivity contribution in [2.24, 2.45) is 0 Å². The van der Waals surface area contributed by atoms with Crippen molar-refractivity contribution >= 4 is 16.7 Å². The van der Waals surface area contributed by atoms with E-state index in [1.807, 2.05) is 0 Å². The first-order chi connectivity index (χ1) is 12.7. The SMILES string of the molecule is COCc1nc2n(n1)CC(NC(=O)c1n[nH]c(=O)c3ccccc13)CC2. The lowest BCUT2D eigenvalue weighted by atomic mass is 10.1. The first-order valence-electron chi connectivity index (χ1n) is 8.35. The zero-order valence-corrected chi connectivity index (χ0v) is 14.2. The molecule has 0 aliphatic carbocycles. The summed E-state index contributed by atoms with van der Waals surface area (Å²) in [5.74, 6) is 1.22. The molecule has 4 rings (SSSR count). The molecule has 1 aliphatic heterocycles. The van der Waals surface area contributed by atoms with Crippen LogP contribution in [0.2, 0.25) is 0 Å². The van der Waals surface area contributed by atoms with Gasteiger partial charge in [-0.05, 0) is 12.5 Å². The van der Waals surface area contributed by atoms with Gasteiger partial charge in [-0.1, -0.05) is 18.2 Å². The van der Waals surface area contributed by atoms with Crippen molar-refractivity contribution < 1.29 is 9.53 Å². The minimum absolute atomic E-state index is 0.0837. The van der Waals surface area contributed by atoms with E-state index < -0.39 is 0 Å². The number of rotatable bonds is 4. The molecule has 0 radical (unpaired) electrons. The van der Waals surface area contributed by atoms with Gasteiger partial charge >= 0.3 is 0 Å². The van der Waals surface area contributed by atoms with Crippen LogP contribution in [-0.4, -0.2) is 44.0 Å². The number of hydrogen-bond acceptors (Lipinski definition) is 6. The normalized spacial score (nSPS) is 16.4. The maximum atomic E-state index is 12.7. The molecule has 3 heterocycles. The third-order valence-electron chi connectivity index (χ3n) is 4.42. The van der Waals surface area contributed by atoms with Crippen LogP contribution in [0.15, 0.2) is 29.1 Å². The summed E-state index contributed by atoms with van der Waals surface area (Å²) in [5.41, 5.74) is -0.0996. The minimum atomic E-state index is -0.317. The molecule has 134 valence electrons. The van der Waals surface area contributed by atoms with Crippen molar-refractivity contribution in [1.29, 1.82) is 0 Å². The van der Waals surface area contributed by atoms with Crippen LogP contribution in [0, 0.1) is 0 Å². The van der Waals surface area contributed by atoms with Gasteiger partial charge in [0.2, 0.25) is 0 Å². The number of aromatic nitrogens is 5. The molecule has 0 saturated heterocycles. The first-order valence-corrected chi connectivity index (χ1v) is 8.35. The Balaban J connectivity index is 1.54. The number of carbonyl (C=O) groups excluding carboxylic acids is 1. The summed E-state index contributed by atoms with van der Waals surface area (Å²) < 4.78 is 6.87. The summed E-state index contributed by atoms with van der Waals surface area (Å²) >= 11 is 0. The van der Waals surface area contributed by atoms with Crippen LogP contribution in [0.5, 0.6) is 0 Å². The van der Waals surface area contributed by atoms with Crippen molar-refractivity contribution in [3.05, 3.63) is 52.0 Å². The molecule has 0 saturated carbocycles. The van der Waals surface area contributed by atoms with Gasteiger partial charge in [0.25, 0.3) is 11.5 Å². The van der Waals surface area contributed by atoms with E-state index in [9.17, 15) is 9.59 Å². The predicted molar refractivity (Wildman–Crippen MR) is 92.7 cm³/mol. The molecule has 2 N–H and O–H groups in total. The van der Waals surface area contributed by atoms with Gasteiger partial charge < -0.3 is 10.1 Å². The largest absolute Gasteiger partial charge is 0.377 e. The lowest BCUT2D eigenvalue weighted by Crippen LogP contribution is -2.42. The van der Waals surface area contributed by atoms with E-state index in [-0.39, 0.29) is 23.2 Å². The third-order valence-corrected chi connectivity index (χ3v) is 4.42. The van der Waals surface area contributed by atoms with Gasteiger partial charge in [0.05, 0.1) is 11.9 Å². The molecule has 1 atom stereocenters. The van der Waals surface area contributed by atoms with Crippen LogP contribution >= 0.6 is 0 Å². The number of aryl methyl sites for hydroxylation is 1. The van der Waals surface area contributed by atoms with Crippen molar-refractivity contribution in [1.82, 2.24) is 30.3 Å². The highest BCUT2D eigenvalue weighted by molar-refractivity contribution is 6.04. The van der Waals surface area contributed by atoms with E-state index in [0.717, 1.165) is 18.7 Å². The Morgan fingerprint density at radius 2 is 2.19 bits per heavy atom. The van der Waals surface area contributed by atoms with E-state index in [1.165, 1.54) is 0 Å². The highest BCUT2D eigenvalue weighted by atomic mass is 16.5. The molecule has 3 aromatic rings. The molecule has 0 bridgehead atoms. The standard InChI is InChI=1S/C17H18N6O3/c1-26-9-13-19-14-7-6-10(8-23(14)22-13)18-17(25)15-11-4-2-3-5-12(11)16(24)21-20-15/h2-5,10H,6-9H2,1H3,(H,18,25)(H,21,24). The van der Waals surface area contributed by atoms with Crippen LogP contribution in [0.4, 0.5) is 0 Å². The van der Waals surface area contributed by atoms with Gasteiger partial charge in [-0.25, -0.2) is 14.8 Å². The zero-order chi connectivity index (χ0) is 18.1. The molecule has 1 amide bonds. The van der Waals surface area contributed by atoms with Gasteiger partial charge in [-0.3, -0.25) is 9.59 Å². The highest BCUT2D eigenvalue weighted by Crippen LogP contribution is 2.16. The maximum Gasteiger partial charge on any atom is 0.272 e. The van der Waals surface area contributed by atoms with Crippen LogP contribution in [0.25, 0.3) is 10.8 Å². The Bertz CT molecular complexity index is 1020. The summed E-state index contributed by atoms with van der Waals surface area (Å²) in [6, 6.07) is 6.84. The molecule has 0 spiro atoms.